The molecular formula is C11H12BrClO3. The summed E-state index contributed by atoms with van der Waals surface area (Å²) in [4.78, 5) is 10.5. The molecule has 0 heterocycles. The van der Waals surface area contributed by atoms with Gasteiger partial charge in [-0.2, -0.15) is 0 Å². The molecule has 0 aliphatic heterocycles. The zero-order valence-corrected chi connectivity index (χ0v) is 11.0. The van der Waals surface area contributed by atoms with Gasteiger partial charge in [0.25, 0.3) is 0 Å². The van der Waals surface area contributed by atoms with E-state index in [0.29, 0.717) is 10.6 Å². The second kappa shape index (κ2) is 5.66. The van der Waals surface area contributed by atoms with E-state index in [0.717, 1.165) is 4.47 Å². The maximum atomic E-state index is 10.5. The lowest BCUT2D eigenvalue weighted by molar-refractivity contribution is -0.139. The summed E-state index contributed by atoms with van der Waals surface area (Å²) >= 11 is 9.22. The molecule has 0 bridgehead atoms. The molecule has 0 amide bonds. The van der Waals surface area contributed by atoms with Crippen LogP contribution in [0.1, 0.15) is 25.0 Å². The van der Waals surface area contributed by atoms with Crippen molar-refractivity contribution in [3.8, 4) is 0 Å². The van der Waals surface area contributed by atoms with Crippen molar-refractivity contribution >= 4 is 33.5 Å². The third-order valence-electron chi connectivity index (χ3n) is 2.31. The number of aliphatic hydroxyl groups is 1. The first-order chi connectivity index (χ1) is 7.41. The summed E-state index contributed by atoms with van der Waals surface area (Å²) in [6.07, 6.45) is -0.967. The van der Waals surface area contributed by atoms with Crippen LogP contribution in [-0.4, -0.2) is 16.2 Å². The summed E-state index contributed by atoms with van der Waals surface area (Å²) in [5.41, 5.74) is 0.546. The third-order valence-corrected chi connectivity index (χ3v) is 3.15. The van der Waals surface area contributed by atoms with Gasteiger partial charge in [-0.1, -0.05) is 34.5 Å². The molecule has 0 radical (unpaired) electrons. The Morgan fingerprint density at radius 2 is 2.19 bits per heavy atom. The smallest absolute Gasteiger partial charge is 0.303 e. The van der Waals surface area contributed by atoms with Crippen molar-refractivity contribution in [2.75, 3.05) is 0 Å². The summed E-state index contributed by atoms with van der Waals surface area (Å²) in [7, 11) is 0. The van der Waals surface area contributed by atoms with Crippen molar-refractivity contribution in [3.63, 3.8) is 0 Å². The van der Waals surface area contributed by atoms with Crippen LogP contribution in [0.3, 0.4) is 0 Å². The quantitative estimate of drug-likeness (QED) is 0.898. The molecule has 0 aromatic heterocycles. The minimum atomic E-state index is -0.933. The first-order valence-corrected chi connectivity index (χ1v) is 5.93. The van der Waals surface area contributed by atoms with Crippen molar-refractivity contribution in [1.29, 1.82) is 0 Å². The van der Waals surface area contributed by atoms with Gasteiger partial charge < -0.3 is 10.2 Å². The van der Waals surface area contributed by atoms with Gasteiger partial charge in [0.15, 0.2) is 0 Å². The SMILES string of the molecule is CC(CC(=O)O)C(O)c1cc(Br)ccc1Cl. The highest BCUT2D eigenvalue weighted by Gasteiger charge is 2.21. The Morgan fingerprint density at radius 3 is 2.75 bits per heavy atom. The van der Waals surface area contributed by atoms with Crippen LogP contribution in [0.15, 0.2) is 22.7 Å². The van der Waals surface area contributed by atoms with Gasteiger partial charge in [0.1, 0.15) is 0 Å². The Hall–Kier alpha value is -0.580. The Labute approximate surface area is 107 Å². The Bertz CT molecular complexity index is 395. The summed E-state index contributed by atoms with van der Waals surface area (Å²) in [6, 6.07) is 5.13. The molecular weight excluding hydrogens is 295 g/mol. The molecule has 5 heteroatoms. The average Bonchev–Trinajstić information content (AvgIpc) is 2.19. The van der Waals surface area contributed by atoms with Gasteiger partial charge >= 0.3 is 5.97 Å². The summed E-state index contributed by atoms with van der Waals surface area (Å²) in [5, 5.41) is 19.1. The highest BCUT2D eigenvalue weighted by atomic mass is 79.9. The number of hydrogen-bond donors (Lipinski definition) is 2. The lowest BCUT2D eigenvalue weighted by Crippen LogP contribution is -2.14. The van der Waals surface area contributed by atoms with Crippen molar-refractivity contribution in [2.45, 2.75) is 19.4 Å². The first kappa shape index (κ1) is 13.5. The van der Waals surface area contributed by atoms with Crippen LogP contribution in [0.2, 0.25) is 5.02 Å². The molecule has 0 spiro atoms. The largest absolute Gasteiger partial charge is 0.481 e. The third kappa shape index (κ3) is 3.47. The van der Waals surface area contributed by atoms with Gasteiger partial charge in [-0.05, 0) is 24.1 Å². The van der Waals surface area contributed by atoms with E-state index in [1.807, 2.05) is 0 Å². The fraction of sp³-hybridized carbons (Fsp3) is 0.364. The number of rotatable bonds is 4. The van der Waals surface area contributed by atoms with Crippen LogP contribution in [-0.2, 0) is 4.79 Å². The topological polar surface area (TPSA) is 57.5 Å². The standard InChI is InChI=1S/C11H12BrClO3/c1-6(4-10(14)15)11(16)8-5-7(12)2-3-9(8)13/h2-3,5-6,11,16H,4H2,1H3,(H,14,15). The van der Waals surface area contributed by atoms with Gasteiger partial charge in [0.2, 0.25) is 0 Å². The van der Waals surface area contributed by atoms with Gasteiger partial charge in [0, 0.05) is 15.1 Å². The van der Waals surface area contributed by atoms with Crippen LogP contribution in [0.4, 0.5) is 0 Å². The second-order valence-corrected chi connectivity index (χ2v) is 5.01. The summed E-state index contributed by atoms with van der Waals surface area (Å²) in [6.45, 7) is 1.68. The minimum Gasteiger partial charge on any atom is -0.481 e. The molecule has 2 unspecified atom stereocenters. The molecule has 0 aliphatic rings. The second-order valence-electron chi connectivity index (χ2n) is 3.69. The van der Waals surface area contributed by atoms with E-state index in [9.17, 15) is 9.90 Å². The number of carboxylic acids is 1. The molecule has 3 nitrogen and oxygen atoms in total. The molecule has 1 rings (SSSR count). The summed E-state index contributed by atoms with van der Waals surface area (Å²) < 4.78 is 0.800. The molecule has 2 atom stereocenters. The molecule has 0 saturated carbocycles. The average molecular weight is 308 g/mol. The van der Waals surface area contributed by atoms with Crippen LogP contribution < -0.4 is 0 Å². The van der Waals surface area contributed by atoms with E-state index < -0.39 is 12.1 Å². The molecule has 88 valence electrons. The van der Waals surface area contributed by atoms with Gasteiger partial charge in [0.05, 0.1) is 12.5 Å². The lowest BCUT2D eigenvalue weighted by Gasteiger charge is -2.18. The maximum Gasteiger partial charge on any atom is 0.303 e. The zero-order chi connectivity index (χ0) is 12.3. The Kier molecular flexibility index (Phi) is 4.77. The van der Waals surface area contributed by atoms with E-state index >= 15 is 0 Å². The van der Waals surface area contributed by atoms with Crippen molar-refractivity contribution in [2.24, 2.45) is 5.92 Å². The highest BCUT2D eigenvalue weighted by Crippen LogP contribution is 2.31. The number of benzene rings is 1. The number of halogens is 2. The number of hydrogen-bond acceptors (Lipinski definition) is 2. The van der Waals surface area contributed by atoms with E-state index in [4.69, 9.17) is 16.7 Å². The predicted molar refractivity (Wildman–Crippen MR) is 65.5 cm³/mol. The van der Waals surface area contributed by atoms with Gasteiger partial charge in [-0.3, -0.25) is 4.79 Å². The van der Waals surface area contributed by atoms with E-state index in [1.165, 1.54) is 0 Å². The van der Waals surface area contributed by atoms with Gasteiger partial charge in [-0.15, -0.1) is 0 Å². The number of carboxylic acid groups (broad SMARTS) is 1. The molecule has 0 aliphatic carbocycles. The lowest BCUT2D eigenvalue weighted by atomic mass is 9.95. The first-order valence-electron chi connectivity index (χ1n) is 4.76. The molecule has 0 fully saturated rings. The van der Waals surface area contributed by atoms with Gasteiger partial charge in [-0.25, -0.2) is 0 Å². The van der Waals surface area contributed by atoms with Crippen LogP contribution in [0.5, 0.6) is 0 Å². The number of carbonyl (C=O) groups is 1. The van der Waals surface area contributed by atoms with Crippen LogP contribution >= 0.6 is 27.5 Å². The fourth-order valence-corrected chi connectivity index (χ4v) is 2.04. The van der Waals surface area contributed by atoms with Crippen LogP contribution in [0.25, 0.3) is 0 Å². The maximum absolute atomic E-state index is 10.5. The van der Waals surface area contributed by atoms with E-state index in [-0.39, 0.29) is 12.3 Å². The Morgan fingerprint density at radius 1 is 1.56 bits per heavy atom. The molecule has 16 heavy (non-hydrogen) atoms. The van der Waals surface area contributed by atoms with Crippen LogP contribution in [0, 0.1) is 5.92 Å². The molecule has 1 aromatic carbocycles. The zero-order valence-electron chi connectivity index (χ0n) is 8.65. The number of aliphatic carboxylic acids is 1. The van der Waals surface area contributed by atoms with Crippen molar-refractivity contribution < 1.29 is 15.0 Å². The fourth-order valence-electron chi connectivity index (χ4n) is 1.43. The number of aliphatic hydroxyl groups excluding tert-OH is 1. The molecule has 2 N–H and O–H groups in total. The monoisotopic (exact) mass is 306 g/mol. The van der Waals surface area contributed by atoms with Crippen molar-refractivity contribution in [3.05, 3.63) is 33.3 Å². The Balaban J connectivity index is 2.90. The van der Waals surface area contributed by atoms with Crippen molar-refractivity contribution in [1.82, 2.24) is 0 Å². The minimum absolute atomic E-state index is 0.0932. The van der Waals surface area contributed by atoms with E-state index in [2.05, 4.69) is 15.9 Å². The normalized spacial score (nSPS) is 14.5. The predicted octanol–water partition coefficient (Wildman–Crippen LogP) is 3.25. The van der Waals surface area contributed by atoms with E-state index in [1.54, 1.807) is 25.1 Å². The summed E-state index contributed by atoms with van der Waals surface area (Å²) in [5.74, 6) is -1.32. The highest BCUT2D eigenvalue weighted by molar-refractivity contribution is 9.10. The molecule has 1 aromatic rings. The molecule has 0 saturated heterocycles.